The van der Waals surface area contributed by atoms with Gasteiger partial charge in [0.2, 0.25) is 10.0 Å². The normalized spacial score (nSPS) is 12.0. The number of nitrogens with zero attached hydrogens (tertiary/aromatic N) is 1. The van der Waals surface area contributed by atoms with Crippen LogP contribution in [0.1, 0.15) is 18.9 Å². The molecule has 0 unspecified atom stereocenters. The summed E-state index contributed by atoms with van der Waals surface area (Å²) >= 11 is 0. The Kier molecular flexibility index (Phi) is 5.33. The summed E-state index contributed by atoms with van der Waals surface area (Å²) in [5, 5.41) is 2.74. The van der Waals surface area contributed by atoms with E-state index in [9.17, 15) is 21.6 Å². The van der Waals surface area contributed by atoms with Gasteiger partial charge in [0.15, 0.2) is 0 Å². The number of nitrogens with one attached hydrogen (secondary N) is 2. The molecule has 0 saturated carbocycles. The van der Waals surface area contributed by atoms with E-state index in [0.29, 0.717) is 12.2 Å². The van der Waals surface area contributed by atoms with Crippen LogP contribution in [0.15, 0.2) is 42.6 Å². The van der Waals surface area contributed by atoms with E-state index >= 15 is 0 Å². The van der Waals surface area contributed by atoms with Crippen molar-refractivity contribution in [2.24, 2.45) is 0 Å². The van der Waals surface area contributed by atoms with Gasteiger partial charge in [-0.2, -0.15) is 13.2 Å². The van der Waals surface area contributed by atoms with Crippen LogP contribution in [-0.4, -0.2) is 19.2 Å². The van der Waals surface area contributed by atoms with Gasteiger partial charge in [-0.1, -0.05) is 13.0 Å². The Morgan fingerprint density at radius 2 is 1.88 bits per heavy atom. The van der Waals surface area contributed by atoms with Crippen LogP contribution in [0.5, 0.6) is 0 Å². The molecular weight excluding hydrogens is 343 g/mol. The van der Waals surface area contributed by atoms with Crippen molar-refractivity contribution in [3.8, 4) is 0 Å². The van der Waals surface area contributed by atoms with Crippen LogP contribution in [0.2, 0.25) is 0 Å². The molecule has 24 heavy (non-hydrogen) atoms. The molecule has 130 valence electrons. The number of benzene rings is 1. The van der Waals surface area contributed by atoms with Crippen molar-refractivity contribution in [2.75, 3.05) is 15.8 Å². The molecule has 0 fully saturated rings. The van der Waals surface area contributed by atoms with Gasteiger partial charge >= 0.3 is 6.18 Å². The monoisotopic (exact) mass is 359 g/mol. The fourth-order valence-electron chi connectivity index (χ4n) is 1.95. The molecule has 0 aliphatic carbocycles. The second-order valence-corrected chi connectivity index (χ2v) is 6.90. The first-order chi connectivity index (χ1) is 11.2. The molecule has 0 aliphatic rings. The Labute approximate surface area is 138 Å². The summed E-state index contributed by atoms with van der Waals surface area (Å²) in [4.78, 5) is 3.99. The molecule has 1 aromatic carbocycles. The van der Waals surface area contributed by atoms with Crippen LogP contribution < -0.4 is 10.0 Å². The largest absolute Gasteiger partial charge is 0.416 e. The Bertz CT molecular complexity index is 790. The van der Waals surface area contributed by atoms with Gasteiger partial charge in [-0.3, -0.25) is 4.72 Å². The van der Waals surface area contributed by atoms with E-state index in [2.05, 4.69) is 15.0 Å². The number of rotatable bonds is 6. The van der Waals surface area contributed by atoms with E-state index in [1.165, 1.54) is 30.5 Å². The summed E-state index contributed by atoms with van der Waals surface area (Å²) < 4.78 is 63.7. The quantitative estimate of drug-likeness (QED) is 0.818. The third-order valence-electron chi connectivity index (χ3n) is 2.97. The summed E-state index contributed by atoms with van der Waals surface area (Å²) in [7, 11) is -3.41. The van der Waals surface area contributed by atoms with Crippen LogP contribution in [0.4, 0.5) is 30.4 Å². The maximum atomic E-state index is 12.7. The minimum Gasteiger partial charge on any atom is -0.340 e. The number of halogens is 3. The Balaban J connectivity index is 2.10. The van der Waals surface area contributed by atoms with Crippen LogP contribution in [0.25, 0.3) is 0 Å². The van der Waals surface area contributed by atoms with Gasteiger partial charge in [0.25, 0.3) is 0 Å². The number of hydrogen-bond acceptors (Lipinski definition) is 4. The zero-order valence-corrected chi connectivity index (χ0v) is 13.6. The number of aromatic nitrogens is 1. The lowest BCUT2D eigenvalue weighted by Crippen LogP contribution is -2.16. The van der Waals surface area contributed by atoms with Crippen molar-refractivity contribution in [1.82, 2.24) is 4.98 Å². The highest BCUT2D eigenvalue weighted by molar-refractivity contribution is 7.92. The third-order valence-corrected chi connectivity index (χ3v) is 4.46. The maximum Gasteiger partial charge on any atom is 0.416 e. The Morgan fingerprint density at radius 3 is 2.46 bits per heavy atom. The molecule has 1 heterocycles. The summed E-state index contributed by atoms with van der Waals surface area (Å²) in [6.45, 7) is 1.75. The average Bonchev–Trinajstić information content (AvgIpc) is 2.48. The molecule has 0 radical (unpaired) electrons. The van der Waals surface area contributed by atoms with Gasteiger partial charge in [0, 0.05) is 5.69 Å². The fraction of sp³-hybridized carbons (Fsp3) is 0.267. The molecule has 2 aromatic rings. The number of alkyl halides is 3. The average molecular weight is 359 g/mol. The zero-order chi connectivity index (χ0) is 17.8. The molecule has 0 aliphatic heterocycles. The van der Waals surface area contributed by atoms with E-state index in [1.807, 2.05) is 0 Å². The number of hydrogen-bond donors (Lipinski definition) is 2. The highest BCUT2D eigenvalue weighted by atomic mass is 32.2. The minimum absolute atomic E-state index is 0.00274. The van der Waals surface area contributed by atoms with Crippen molar-refractivity contribution < 1.29 is 21.6 Å². The first-order valence-corrected chi connectivity index (χ1v) is 8.75. The van der Waals surface area contributed by atoms with Gasteiger partial charge in [-0.05, 0) is 36.8 Å². The van der Waals surface area contributed by atoms with Crippen LogP contribution in [0, 0.1) is 0 Å². The van der Waals surface area contributed by atoms with Gasteiger partial charge < -0.3 is 5.32 Å². The van der Waals surface area contributed by atoms with Crippen molar-refractivity contribution in [2.45, 2.75) is 19.5 Å². The molecule has 0 atom stereocenters. The van der Waals surface area contributed by atoms with Crippen LogP contribution in [-0.2, 0) is 16.2 Å². The minimum atomic E-state index is -4.42. The maximum absolute atomic E-state index is 12.7. The first-order valence-electron chi connectivity index (χ1n) is 7.10. The van der Waals surface area contributed by atoms with Crippen LogP contribution >= 0.6 is 0 Å². The Morgan fingerprint density at radius 1 is 1.12 bits per heavy atom. The van der Waals surface area contributed by atoms with E-state index in [-0.39, 0.29) is 17.1 Å². The fourth-order valence-corrected chi connectivity index (χ4v) is 3.07. The highest BCUT2D eigenvalue weighted by Gasteiger charge is 2.30. The van der Waals surface area contributed by atoms with E-state index in [1.54, 1.807) is 6.92 Å². The van der Waals surface area contributed by atoms with Crippen molar-refractivity contribution in [3.63, 3.8) is 0 Å². The number of pyridine rings is 1. The van der Waals surface area contributed by atoms with E-state index < -0.39 is 21.8 Å². The standard InChI is InChI=1S/C15H16F3N3O2S/c1-2-8-24(22,23)21-13-6-7-14(19-10-13)20-12-5-3-4-11(9-12)15(16,17)18/h3-7,9-10,21H,2,8H2,1H3,(H,19,20). The van der Waals surface area contributed by atoms with Crippen molar-refractivity contribution in [1.29, 1.82) is 0 Å². The predicted octanol–water partition coefficient (Wildman–Crippen LogP) is 4.00. The summed E-state index contributed by atoms with van der Waals surface area (Å²) in [5.74, 6) is 0.296. The molecule has 9 heteroatoms. The van der Waals surface area contributed by atoms with Gasteiger partial charge in [-0.15, -0.1) is 0 Å². The lowest BCUT2D eigenvalue weighted by atomic mass is 10.2. The number of anilines is 3. The highest BCUT2D eigenvalue weighted by Crippen LogP contribution is 2.31. The van der Waals surface area contributed by atoms with E-state index in [4.69, 9.17) is 0 Å². The molecule has 5 nitrogen and oxygen atoms in total. The summed E-state index contributed by atoms with van der Waals surface area (Å²) in [5.41, 5.74) is -0.244. The molecule has 1 aromatic heterocycles. The molecule has 0 bridgehead atoms. The number of sulfonamides is 1. The van der Waals surface area contributed by atoms with Crippen LogP contribution in [0.3, 0.4) is 0 Å². The lowest BCUT2D eigenvalue weighted by Gasteiger charge is -2.11. The SMILES string of the molecule is CCCS(=O)(=O)Nc1ccc(Nc2cccc(C(F)(F)F)c2)nc1. The second kappa shape index (κ2) is 7.08. The molecular formula is C15H16F3N3O2S. The third kappa shape index (κ3) is 5.12. The topological polar surface area (TPSA) is 71.1 Å². The van der Waals surface area contributed by atoms with Gasteiger partial charge in [0.1, 0.15) is 5.82 Å². The molecule has 0 saturated heterocycles. The molecule has 2 N–H and O–H groups in total. The van der Waals surface area contributed by atoms with Gasteiger partial charge in [0.05, 0.1) is 23.2 Å². The van der Waals surface area contributed by atoms with E-state index in [0.717, 1.165) is 12.1 Å². The Hall–Kier alpha value is -2.29. The molecule has 2 rings (SSSR count). The second-order valence-electron chi connectivity index (χ2n) is 5.06. The smallest absolute Gasteiger partial charge is 0.340 e. The lowest BCUT2D eigenvalue weighted by molar-refractivity contribution is -0.137. The van der Waals surface area contributed by atoms with Crippen molar-refractivity contribution in [3.05, 3.63) is 48.2 Å². The summed E-state index contributed by atoms with van der Waals surface area (Å²) in [6.07, 6.45) is -2.65. The summed E-state index contributed by atoms with van der Waals surface area (Å²) in [6, 6.07) is 7.68. The predicted molar refractivity (Wildman–Crippen MR) is 86.7 cm³/mol. The van der Waals surface area contributed by atoms with Gasteiger partial charge in [-0.25, -0.2) is 13.4 Å². The zero-order valence-electron chi connectivity index (χ0n) is 12.8. The van der Waals surface area contributed by atoms with Crippen molar-refractivity contribution >= 4 is 27.2 Å². The molecule has 0 spiro atoms. The molecule has 0 amide bonds. The first kappa shape index (κ1) is 18.1.